The van der Waals surface area contributed by atoms with E-state index in [-0.39, 0.29) is 16.2 Å². The van der Waals surface area contributed by atoms with Crippen molar-refractivity contribution in [2.45, 2.75) is 17.6 Å². The Morgan fingerprint density at radius 1 is 1.45 bits per heavy atom. The summed E-state index contributed by atoms with van der Waals surface area (Å²) in [6.07, 6.45) is 0. The van der Waals surface area contributed by atoms with Gasteiger partial charge < -0.3 is 5.11 Å². The van der Waals surface area contributed by atoms with Crippen LogP contribution in [-0.4, -0.2) is 24.5 Å². The third-order valence-corrected chi connectivity index (χ3v) is 5.51. The molecule has 0 unspecified atom stereocenters. The van der Waals surface area contributed by atoms with Crippen molar-refractivity contribution >= 4 is 43.1 Å². The van der Waals surface area contributed by atoms with Gasteiger partial charge in [-0.05, 0) is 25.1 Å². The summed E-state index contributed by atoms with van der Waals surface area (Å²) in [5.41, 5.74) is 0.184. The molecule has 1 aromatic heterocycles. The molecule has 0 radical (unpaired) electrons. The minimum Gasteiger partial charge on any atom is -0.478 e. The van der Waals surface area contributed by atoms with Gasteiger partial charge in [0.2, 0.25) is 0 Å². The molecule has 2 aromatic rings. The molecule has 1 aromatic carbocycles. The molecule has 0 atom stereocenters. The average Bonchev–Trinajstić information content (AvgIpc) is 2.73. The number of carboxylic acids is 1. The maximum Gasteiger partial charge on any atom is 0.337 e. The summed E-state index contributed by atoms with van der Waals surface area (Å²) in [6, 6.07) is 4.07. The van der Waals surface area contributed by atoms with E-state index in [0.717, 1.165) is 5.01 Å². The molecule has 0 aliphatic carbocycles. The van der Waals surface area contributed by atoms with Crippen LogP contribution in [0.25, 0.3) is 0 Å². The molecule has 20 heavy (non-hydrogen) atoms. The number of aryl methyl sites for hydroxylation is 1. The van der Waals surface area contributed by atoms with Crippen LogP contribution in [0.5, 0.6) is 0 Å². The Morgan fingerprint density at radius 3 is 2.70 bits per heavy atom. The van der Waals surface area contributed by atoms with Crippen molar-refractivity contribution in [2.75, 3.05) is 0 Å². The van der Waals surface area contributed by atoms with E-state index >= 15 is 0 Å². The molecule has 106 valence electrons. The van der Waals surface area contributed by atoms with Crippen molar-refractivity contribution in [1.82, 2.24) is 4.98 Å². The minimum absolute atomic E-state index is 0.204. The van der Waals surface area contributed by atoms with E-state index in [1.807, 2.05) is 0 Å². The lowest BCUT2D eigenvalue weighted by atomic mass is 10.2. The van der Waals surface area contributed by atoms with E-state index in [1.165, 1.54) is 29.5 Å². The number of rotatable bonds is 4. The molecule has 0 saturated carbocycles. The minimum atomic E-state index is -3.76. The van der Waals surface area contributed by atoms with Gasteiger partial charge in [0.25, 0.3) is 0 Å². The van der Waals surface area contributed by atoms with Crippen LogP contribution in [0.3, 0.4) is 0 Å². The Labute approximate surface area is 128 Å². The van der Waals surface area contributed by atoms with E-state index in [2.05, 4.69) is 20.9 Å². The van der Waals surface area contributed by atoms with Crippen LogP contribution >= 0.6 is 27.3 Å². The van der Waals surface area contributed by atoms with Crippen LogP contribution in [0.15, 0.2) is 32.9 Å². The van der Waals surface area contributed by atoms with E-state index in [4.69, 9.17) is 5.11 Å². The first-order valence-corrected chi connectivity index (χ1v) is 8.79. The van der Waals surface area contributed by atoms with Gasteiger partial charge in [-0.15, -0.1) is 11.3 Å². The number of carboxylic acid groups (broad SMARTS) is 1. The van der Waals surface area contributed by atoms with Crippen LogP contribution in [0, 0.1) is 6.92 Å². The Balaban J connectivity index is 2.48. The largest absolute Gasteiger partial charge is 0.478 e. The predicted octanol–water partition coefficient (Wildman–Crippen LogP) is 2.89. The lowest BCUT2D eigenvalue weighted by molar-refractivity contribution is 0.0692. The fourth-order valence-corrected chi connectivity index (χ4v) is 4.40. The smallest absolute Gasteiger partial charge is 0.337 e. The van der Waals surface area contributed by atoms with Crippen LogP contribution in [0.4, 0.5) is 0 Å². The number of sulfone groups is 1. The normalized spacial score (nSPS) is 11.5. The van der Waals surface area contributed by atoms with Crippen molar-refractivity contribution < 1.29 is 18.3 Å². The summed E-state index contributed by atoms with van der Waals surface area (Å²) in [6.45, 7) is 1.78. The van der Waals surface area contributed by atoms with Gasteiger partial charge in [-0.1, -0.05) is 15.9 Å². The zero-order chi connectivity index (χ0) is 14.9. The SMILES string of the molecule is Cc1nc(CS(=O)(=O)c2cc(Br)ccc2C(=O)O)cs1. The maximum absolute atomic E-state index is 12.4. The summed E-state index contributed by atoms with van der Waals surface area (Å²) < 4.78 is 25.2. The monoisotopic (exact) mass is 375 g/mol. The molecule has 0 amide bonds. The van der Waals surface area contributed by atoms with Gasteiger partial charge in [0, 0.05) is 9.85 Å². The first-order valence-electron chi connectivity index (χ1n) is 5.46. The van der Waals surface area contributed by atoms with Gasteiger partial charge in [0.15, 0.2) is 9.84 Å². The lowest BCUT2D eigenvalue weighted by Gasteiger charge is -2.07. The molecular weight excluding hydrogens is 366 g/mol. The molecule has 0 spiro atoms. The summed E-state index contributed by atoms with van der Waals surface area (Å²) in [7, 11) is -3.76. The van der Waals surface area contributed by atoms with Crippen molar-refractivity contribution in [3.8, 4) is 0 Å². The molecule has 0 aliphatic rings. The number of thiazole rings is 1. The Hall–Kier alpha value is -1.25. The third kappa shape index (κ3) is 3.25. The van der Waals surface area contributed by atoms with Gasteiger partial charge in [-0.2, -0.15) is 0 Å². The number of benzene rings is 1. The molecule has 0 saturated heterocycles. The number of hydrogen-bond donors (Lipinski definition) is 1. The second-order valence-corrected chi connectivity index (χ2v) is 8.00. The van der Waals surface area contributed by atoms with E-state index in [0.29, 0.717) is 10.2 Å². The van der Waals surface area contributed by atoms with Gasteiger partial charge in [0.05, 0.1) is 26.9 Å². The van der Waals surface area contributed by atoms with E-state index in [9.17, 15) is 13.2 Å². The summed E-state index contributed by atoms with van der Waals surface area (Å²) in [5, 5.41) is 11.5. The third-order valence-electron chi connectivity index (χ3n) is 2.51. The van der Waals surface area contributed by atoms with E-state index < -0.39 is 15.8 Å². The Morgan fingerprint density at radius 2 is 2.15 bits per heavy atom. The van der Waals surface area contributed by atoms with Crippen LogP contribution in [0.1, 0.15) is 21.1 Å². The van der Waals surface area contributed by atoms with Crippen molar-refractivity contribution in [3.05, 3.63) is 44.3 Å². The second-order valence-electron chi connectivity index (χ2n) is 4.06. The van der Waals surface area contributed by atoms with Gasteiger partial charge in [0.1, 0.15) is 0 Å². The van der Waals surface area contributed by atoms with Crippen molar-refractivity contribution in [3.63, 3.8) is 0 Å². The Kier molecular flexibility index (Phi) is 4.26. The van der Waals surface area contributed by atoms with Crippen LogP contribution in [0.2, 0.25) is 0 Å². The van der Waals surface area contributed by atoms with Crippen LogP contribution < -0.4 is 0 Å². The second kappa shape index (κ2) is 5.63. The standard InChI is InChI=1S/C12H10BrNO4S2/c1-7-14-9(5-19-7)6-20(17,18)11-4-8(13)2-3-10(11)12(15)16/h2-5H,6H2,1H3,(H,15,16). The molecule has 1 heterocycles. The molecule has 0 fully saturated rings. The average molecular weight is 376 g/mol. The van der Waals surface area contributed by atoms with Gasteiger partial charge >= 0.3 is 5.97 Å². The predicted molar refractivity (Wildman–Crippen MR) is 78.8 cm³/mol. The molecule has 1 N–H and O–H groups in total. The first-order chi connectivity index (χ1) is 9.29. The number of hydrogen-bond acceptors (Lipinski definition) is 5. The highest BCUT2D eigenvalue weighted by molar-refractivity contribution is 9.10. The highest BCUT2D eigenvalue weighted by Gasteiger charge is 2.24. The number of halogens is 1. The van der Waals surface area contributed by atoms with E-state index in [1.54, 1.807) is 12.3 Å². The number of nitrogens with zero attached hydrogens (tertiary/aromatic N) is 1. The Bertz CT molecular complexity index is 768. The summed E-state index contributed by atoms with van der Waals surface area (Å²) >= 11 is 4.51. The highest BCUT2D eigenvalue weighted by atomic mass is 79.9. The molecule has 5 nitrogen and oxygen atoms in total. The number of aromatic nitrogens is 1. The highest BCUT2D eigenvalue weighted by Crippen LogP contribution is 2.25. The molecule has 8 heteroatoms. The lowest BCUT2D eigenvalue weighted by Crippen LogP contribution is -2.11. The molecule has 2 rings (SSSR count). The van der Waals surface area contributed by atoms with Crippen LogP contribution in [-0.2, 0) is 15.6 Å². The molecule has 0 aliphatic heterocycles. The zero-order valence-electron chi connectivity index (χ0n) is 10.3. The maximum atomic E-state index is 12.4. The topological polar surface area (TPSA) is 84.3 Å². The fraction of sp³-hybridized carbons (Fsp3) is 0.167. The fourth-order valence-electron chi connectivity index (χ4n) is 1.68. The van der Waals surface area contributed by atoms with Crippen molar-refractivity contribution in [2.24, 2.45) is 0 Å². The van der Waals surface area contributed by atoms with Gasteiger partial charge in [-0.3, -0.25) is 0 Å². The van der Waals surface area contributed by atoms with Gasteiger partial charge in [-0.25, -0.2) is 18.2 Å². The number of aromatic carboxylic acids is 1. The first kappa shape index (κ1) is 15.1. The summed E-state index contributed by atoms with van der Waals surface area (Å²) in [4.78, 5) is 15.0. The molecule has 0 bridgehead atoms. The van der Waals surface area contributed by atoms with Crippen molar-refractivity contribution in [1.29, 1.82) is 0 Å². The summed E-state index contributed by atoms with van der Waals surface area (Å²) in [5.74, 6) is -1.58. The zero-order valence-corrected chi connectivity index (χ0v) is 13.5. The molecular formula is C12H10BrNO4S2. The number of carbonyl (C=O) groups is 1. The quantitative estimate of drug-likeness (QED) is 0.887.